The molecule has 0 aliphatic rings. The Hall–Kier alpha value is -2.06. The van der Waals surface area contributed by atoms with E-state index in [9.17, 15) is 9.59 Å². The van der Waals surface area contributed by atoms with Crippen LogP contribution in [0.2, 0.25) is 0 Å². The Morgan fingerprint density at radius 3 is 2.59 bits per heavy atom. The van der Waals surface area contributed by atoms with Crippen LogP contribution in [0.5, 0.6) is 0 Å². The summed E-state index contributed by atoms with van der Waals surface area (Å²) >= 11 is 4.70. The second kappa shape index (κ2) is 7.81. The van der Waals surface area contributed by atoms with E-state index in [4.69, 9.17) is 0 Å². The molecule has 1 aromatic carbocycles. The monoisotopic (exact) mass is 380 g/mol. The Balaban J connectivity index is 2.14. The van der Waals surface area contributed by atoms with Gasteiger partial charge in [-0.3, -0.25) is 10.2 Å². The Kier molecular flexibility index (Phi) is 5.79. The van der Waals surface area contributed by atoms with Crippen LogP contribution < -0.4 is 16.2 Å². The van der Waals surface area contributed by atoms with Crippen LogP contribution in [0.15, 0.2) is 57.0 Å². The number of amides is 3. The molecule has 1 aromatic heterocycles. The van der Waals surface area contributed by atoms with Gasteiger partial charge in [0.25, 0.3) is 5.91 Å². The normalized spacial score (nSPS) is 9.91. The molecule has 0 aliphatic carbocycles. The number of carbonyl (C=O) groups is 2. The molecule has 0 bridgehead atoms. The van der Waals surface area contributed by atoms with E-state index in [0.717, 1.165) is 14.4 Å². The van der Waals surface area contributed by atoms with Crippen LogP contribution in [0.25, 0.3) is 0 Å². The van der Waals surface area contributed by atoms with Crippen molar-refractivity contribution in [2.75, 3.05) is 7.05 Å². The summed E-state index contributed by atoms with van der Waals surface area (Å²) in [5.74, 6) is -0.399. The van der Waals surface area contributed by atoms with Crippen molar-refractivity contribution in [3.63, 3.8) is 0 Å². The average molecular weight is 381 g/mol. The summed E-state index contributed by atoms with van der Waals surface area (Å²) in [4.78, 5) is 28.2. The van der Waals surface area contributed by atoms with Crippen LogP contribution in [0.1, 0.15) is 10.4 Å². The topological polar surface area (TPSA) is 83.1 Å². The lowest BCUT2D eigenvalue weighted by molar-refractivity contribution is 0.0933. The molecule has 114 valence electrons. The summed E-state index contributed by atoms with van der Waals surface area (Å²) in [5, 5.41) is 3.11. The zero-order valence-corrected chi connectivity index (χ0v) is 14.0. The highest BCUT2D eigenvalue weighted by atomic mass is 79.9. The fourth-order valence-corrected chi connectivity index (χ4v) is 2.64. The van der Waals surface area contributed by atoms with Crippen molar-refractivity contribution >= 4 is 39.6 Å². The first kappa shape index (κ1) is 16.3. The fraction of sp³-hybridized carbons (Fsp3) is 0.0714. The van der Waals surface area contributed by atoms with Crippen LogP contribution in [-0.4, -0.2) is 24.0 Å². The van der Waals surface area contributed by atoms with Crippen molar-refractivity contribution < 1.29 is 9.59 Å². The molecular weight excluding hydrogens is 368 g/mol. The maximum atomic E-state index is 12.1. The first-order valence-corrected chi connectivity index (χ1v) is 7.87. The molecule has 0 atom stereocenters. The molecule has 6 nitrogen and oxygen atoms in total. The Morgan fingerprint density at radius 1 is 1.14 bits per heavy atom. The number of benzene rings is 1. The molecule has 2 rings (SSSR count). The molecule has 0 radical (unpaired) electrons. The number of carbonyl (C=O) groups excluding carboxylic acids is 2. The van der Waals surface area contributed by atoms with Gasteiger partial charge in [0.1, 0.15) is 5.03 Å². The van der Waals surface area contributed by atoms with E-state index in [1.807, 2.05) is 24.3 Å². The molecule has 0 fully saturated rings. The largest absolute Gasteiger partial charge is 0.340 e. The van der Waals surface area contributed by atoms with Crippen molar-refractivity contribution in [3.05, 3.63) is 52.6 Å². The van der Waals surface area contributed by atoms with Gasteiger partial charge in [-0.05, 0) is 40.2 Å². The smallest absolute Gasteiger partial charge is 0.333 e. The van der Waals surface area contributed by atoms with E-state index in [1.54, 1.807) is 18.3 Å². The molecule has 1 heterocycles. The fourth-order valence-electron chi connectivity index (χ4n) is 1.52. The van der Waals surface area contributed by atoms with Crippen LogP contribution in [0, 0.1) is 0 Å². The number of aromatic nitrogens is 1. The number of pyridine rings is 1. The van der Waals surface area contributed by atoms with Gasteiger partial charge in [-0.25, -0.2) is 15.2 Å². The van der Waals surface area contributed by atoms with Gasteiger partial charge in [0.05, 0.1) is 5.56 Å². The van der Waals surface area contributed by atoms with Crippen molar-refractivity contribution in [3.8, 4) is 0 Å². The van der Waals surface area contributed by atoms with Gasteiger partial charge in [0, 0.05) is 22.6 Å². The first-order chi connectivity index (χ1) is 10.6. The van der Waals surface area contributed by atoms with E-state index >= 15 is 0 Å². The minimum absolute atomic E-state index is 0.399. The van der Waals surface area contributed by atoms with Gasteiger partial charge >= 0.3 is 6.03 Å². The van der Waals surface area contributed by atoms with E-state index in [1.165, 1.54) is 18.8 Å². The third-order valence-electron chi connectivity index (χ3n) is 2.56. The van der Waals surface area contributed by atoms with Gasteiger partial charge in [-0.15, -0.1) is 0 Å². The standard InChI is InChI=1S/C14H13BrN4O2S/c1-16-14(21)19-18-13(20)10-4-2-3-5-11(10)22-12-7-6-9(15)8-17-12/h2-8H,1H3,(H,18,20)(H2,16,19,21). The van der Waals surface area contributed by atoms with Gasteiger partial charge in [0.2, 0.25) is 0 Å². The SMILES string of the molecule is CNC(=O)NNC(=O)c1ccccc1Sc1ccc(Br)cn1. The lowest BCUT2D eigenvalue weighted by Crippen LogP contribution is -2.45. The molecule has 0 aliphatic heterocycles. The number of hydrogen-bond acceptors (Lipinski definition) is 4. The predicted octanol–water partition coefficient (Wildman–Crippen LogP) is 2.57. The molecule has 0 saturated heterocycles. The molecule has 2 aromatic rings. The molecule has 3 N–H and O–H groups in total. The molecule has 3 amide bonds. The molecule has 22 heavy (non-hydrogen) atoms. The second-order valence-electron chi connectivity index (χ2n) is 4.07. The predicted molar refractivity (Wildman–Crippen MR) is 87.6 cm³/mol. The van der Waals surface area contributed by atoms with Gasteiger partial charge in [-0.2, -0.15) is 0 Å². The van der Waals surface area contributed by atoms with Crippen LogP contribution >= 0.6 is 27.7 Å². The summed E-state index contributed by atoms with van der Waals surface area (Å²) in [6, 6.07) is 10.3. The maximum absolute atomic E-state index is 12.1. The summed E-state index contributed by atoms with van der Waals surface area (Å²) in [7, 11) is 1.46. The summed E-state index contributed by atoms with van der Waals surface area (Å²) in [5.41, 5.74) is 5.04. The number of nitrogens with one attached hydrogen (secondary N) is 3. The van der Waals surface area contributed by atoms with Crippen molar-refractivity contribution in [2.24, 2.45) is 0 Å². The summed E-state index contributed by atoms with van der Waals surface area (Å²) in [6.07, 6.45) is 1.69. The maximum Gasteiger partial charge on any atom is 0.333 e. The molecular formula is C14H13BrN4O2S. The Bertz CT molecular complexity index is 679. The van der Waals surface area contributed by atoms with E-state index in [-0.39, 0.29) is 0 Å². The number of hydrazine groups is 1. The van der Waals surface area contributed by atoms with Crippen LogP contribution in [0.4, 0.5) is 4.79 Å². The van der Waals surface area contributed by atoms with E-state index < -0.39 is 11.9 Å². The molecule has 0 saturated carbocycles. The van der Waals surface area contributed by atoms with Crippen LogP contribution in [0.3, 0.4) is 0 Å². The number of hydrogen-bond donors (Lipinski definition) is 3. The Labute approximate surface area is 140 Å². The average Bonchev–Trinajstić information content (AvgIpc) is 2.55. The van der Waals surface area contributed by atoms with Crippen molar-refractivity contribution in [1.29, 1.82) is 0 Å². The second-order valence-corrected chi connectivity index (χ2v) is 6.05. The van der Waals surface area contributed by atoms with Gasteiger partial charge in [-0.1, -0.05) is 23.9 Å². The third-order valence-corrected chi connectivity index (χ3v) is 4.06. The van der Waals surface area contributed by atoms with Crippen LogP contribution in [-0.2, 0) is 0 Å². The third kappa shape index (κ3) is 4.47. The lowest BCUT2D eigenvalue weighted by Gasteiger charge is -2.10. The first-order valence-electron chi connectivity index (χ1n) is 6.26. The van der Waals surface area contributed by atoms with E-state index in [2.05, 4.69) is 37.1 Å². The highest BCUT2D eigenvalue weighted by molar-refractivity contribution is 9.10. The highest BCUT2D eigenvalue weighted by Crippen LogP contribution is 2.29. The minimum Gasteiger partial charge on any atom is -0.340 e. The minimum atomic E-state index is -0.493. The van der Waals surface area contributed by atoms with Crippen molar-refractivity contribution in [1.82, 2.24) is 21.2 Å². The summed E-state index contributed by atoms with van der Waals surface area (Å²) in [6.45, 7) is 0. The zero-order valence-electron chi connectivity index (χ0n) is 11.6. The lowest BCUT2D eigenvalue weighted by atomic mass is 10.2. The van der Waals surface area contributed by atoms with Gasteiger partial charge < -0.3 is 5.32 Å². The van der Waals surface area contributed by atoms with E-state index in [0.29, 0.717) is 5.56 Å². The molecule has 0 unspecified atom stereocenters. The zero-order chi connectivity index (χ0) is 15.9. The number of urea groups is 1. The highest BCUT2D eigenvalue weighted by Gasteiger charge is 2.12. The van der Waals surface area contributed by atoms with Crippen molar-refractivity contribution in [2.45, 2.75) is 9.92 Å². The Morgan fingerprint density at radius 2 is 1.91 bits per heavy atom. The molecule has 8 heteroatoms. The van der Waals surface area contributed by atoms with Gasteiger partial charge in [0.15, 0.2) is 0 Å². The quantitative estimate of drug-likeness (QED) is 0.714. The summed E-state index contributed by atoms with van der Waals surface area (Å²) < 4.78 is 0.887. The number of rotatable bonds is 3. The number of nitrogens with zero attached hydrogens (tertiary/aromatic N) is 1. The molecule has 0 spiro atoms. The number of halogens is 1.